The topological polar surface area (TPSA) is 87.7 Å². The van der Waals surface area contributed by atoms with E-state index in [0.29, 0.717) is 6.42 Å². The predicted octanol–water partition coefficient (Wildman–Crippen LogP) is 1.91. The molecule has 1 aliphatic rings. The molecule has 0 spiro atoms. The Morgan fingerprint density at radius 3 is 2.95 bits per heavy atom. The Bertz CT molecular complexity index is 547. The molecule has 1 heterocycles. The molecule has 2 atom stereocenters. The second-order valence-corrected chi connectivity index (χ2v) is 6.12. The normalized spacial score (nSPS) is 21.1. The standard InChI is InChI=1S/C14H19N3O2S/c1-3-14(2,13(15)17-19)16-12(18)10-8-20-11-7-5-4-6-9(10)11/h4-7,10,19H,3,8H2,1-2H3,(H2,15,17)(H,16,18). The summed E-state index contributed by atoms with van der Waals surface area (Å²) in [6, 6.07) is 7.91. The smallest absolute Gasteiger partial charge is 0.229 e. The summed E-state index contributed by atoms with van der Waals surface area (Å²) >= 11 is 1.68. The van der Waals surface area contributed by atoms with Gasteiger partial charge in [-0.15, -0.1) is 11.8 Å². The molecule has 0 saturated heterocycles. The van der Waals surface area contributed by atoms with E-state index in [9.17, 15) is 4.79 Å². The van der Waals surface area contributed by atoms with Gasteiger partial charge in [-0.25, -0.2) is 0 Å². The summed E-state index contributed by atoms with van der Waals surface area (Å²) in [5.74, 6) is 0.473. The Morgan fingerprint density at radius 2 is 2.30 bits per heavy atom. The van der Waals surface area contributed by atoms with Crippen molar-refractivity contribution in [1.29, 1.82) is 0 Å². The molecule has 0 bridgehead atoms. The number of rotatable bonds is 4. The zero-order chi connectivity index (χ0) is 14.8. The highest BCUT2D eigenvalue weighted by Gasteiger charge is 2.35. The van der Waals surface area contributed by atoms with Crippen LogP contribution in [0, 0.1) is 0 Å². The highest BCUT2D eigenvalue weighted by Crippen LogP contribution is 2.39. The minimum absolute atomic E-state index is 0.0206. The number of fused-ring (bicyclic) bond motifs is 1. The molecule has 6 heteroatoms. The Balaban J connectivity index is 2.18. The number of amidine groups is 1. The number of nitrogens with two attached hydrogens (primary N) is 1. The van der Waals surface area contributed by atoms with E-state index < -0.39 is 5.54 Å². The third-order valence-corrected chi connectivity index (χ3v) is 4.98. The largest absolute Gasteiger partial charge is 0.409 e. The lowest BCUT2D eigenvalue weighted by atomic mass is 9.94. The Morgan fingerprint density at radius 1 is 1.60 bits per heavy atom. The van der Waals surface area contributed by atoms with Crippen molar-refractivity contribution in [3.8, 4) is 0 Å². The fourth-order valence-corrected chi connectivity index (χ4v) is 3.41. The molecular formula is C14H19N3O2S. The summed E-state index contributed by atoms with van der Waals surface area (Å²) in [6.45, 7) is 3.64. The third-order valence-electron chi connectivity index (χ3n) is 3.80. The Labute approximate surface area is 122 Å². The van der Waals surface area contributed by atoms with Crippen molar-refractivity contribution in [2.45, 2.75) is 36.6 Å². The first kappa shape index (κ1) is 14.7. The molecule has 5 nitrogen and oxygen atoms in total. The zero-order valence-electron chi connectivity index (χ0n) is 11.6. The Kier molecular flexibility index (Phi) is 4.23. The molecule has 1 amide bonds. The number of oxime groups is 1. The average Bonchev–Trinajstić information content (AvgIpc) is 2.90. The minimum Gasteiger partial charge on any atom is -0.409 e. The number of nitrogens with one attached hydrogen (secondary N) is 1. The van der Waals surface area contributed by atoms with Crippen LogP contribution in [0.1, 0.15) is 31.7 Å². The molecule has 0 fully saturated rings. The van der Waals surface area contributed by atoms with Crippen LogP contribution in [0.2, 0.25) is 0 Å². The average molecular weight is 293 g/mol. The van der Waals surface area contributed by atoms with Gasteiger partial charge in [0.15, 0.2) is 5.84 Å². The van der Waals surface area contributed by atoms with Gasteiger partial charge in [0.05, 0.1) is 11.5 Å². The van der Waals surface area contributed by atoms with Crippen LogP contribution in [0.25, 0.3) is 0 Å². The lowest BCUT2D eigenvalue weighted by molar-refractivity contribution is -0.123. The van der Waals surface area contributed by atoms with Crippen molar-refractivity contribution in [2.24, 2.45) is 10.9 Å². The number of hydrogen-bond acceptors (Lipinski definition) is 4. The van der Waals surface area contributed by atoms with Crippen LogP contribution in [0.5, 0.6) is 0 Å². The van der Waals surface area contributed by atoms with Crippen LogP contribution >= 0.6 is 11.8 Å². The summed E-state index contributed by atoms with van der Waals surface area (Å²) in [5.41, 5.74) is 5.91. The van der Waals surface area contributed by atoms with Gasteiger partial charge in [0, 0.05) is 10.6 Å². The molecule has 0 aliphatic carbocycles. The lowest BCUT2D eigenvalue weighted by Crippen LogP contribution is -2.56. The van der Waals surface area contributed by atoms with Gasteiger partial charge >= 0.3 is 0 Å². The number of hydrogen-bond donors (Lipinski definition) is 3. The summed E-state index contributed by atoms with van der Waals surface area (Å²) in [7, 11) is 0. The quantitative estimate of drug-likeness (QED) is 0.342. The molecule has 2 unspecified atom stereocenters. The second-order valence-electron chi connectivity index (χ2n) is 5.06. The van der Waals surface area contributed by atoms with Gasteiger partial charge in [-0.3, -0.25) is 4.79 Å². The van der Waals surface area contributed by atoms with E-state index in [-0.39, 0.29) is 17.7 Å². The molecule has 0 radical (unpaired) electrons. The molecule has 0 aromatic heterocycles. The molecule has 20 heavy (non-hydrogen) atoms. The first-order chi connectivity index (χ1) is 9.51. The van der Waals surface area contributed by atoms with Gasteiger partial charge in [-0.05, 0) is 25.0 Å². The third kappa shape index (κ3) is 2.60. The molecule has 108 valence electrons. The minimum atomic E-state index is -0.825. The van der Waals surface area contributed by atoms with Crippen LogP contribution in [0.4, 0.5) is 0 Å². The van der Waals surface area contributed by atoms with E-state index in [0.717, 1.165) is 16.2 Å². The van der Waals surface area contributed by atoms with Crippen LogP contribution in [-0.4, -0.2) is 28.2 Å². The molecule has 2 rings (SSSR count). The summed E-state index contributed by atoms with van der Waals surface area (Å²) in [6.07, 6.45) is 0.552. The highest BCUT2D eigenvalue weighted by atomic mass is 32.2. The number of benzene rings is 1. The van der Waals surface area contributed by atoms with Gasteiger partial charge in [0.1, 0.15) is 0 Å². The van der Waals surface area contributed by atoms with Gasteiger partial charge in [0.2, 0.25) is 5.91 Å². The molecule has 0 saturated carbocycles. The van der Waals surface area contributed by atoms with Crippen molar-refractivity contribution < 1.29 is 10.0 Å². The summed E-state index contributed by atoms with van der Waals surface area (Å²) in [5, 5.41) is 14.8. The van der Waals surface area contributed by atoms with Gasteiger partial charge in [0.25, 0.3) is 0 Å². The number of thioether (sulfide) groups is 1. The molecular weight excluding hydrogens is 274 g/mol. The number of nitrogens with zero attached hydrogens (tertiary/aromatic N) is 1. The summed E-state index contributed by atoms with van der Waals surface area (Å²) in [4.78, 5) is 13.6. The number of carbonyl (C=O) groups is 1. The van der Waals surface area contributed by atoms with Gasteiger partial charge < -0.3 is 16.3 Å². The van der Waals surface area contributed by atoms with E-state index in [2.05, 4.69) is 10.5 Å². The van der Waals surface area contributed by atoms with E-state index >= 15 is 0 Å². The van der Waals surface area contributed by atoms with Crippen molar-refractivity contribution in [2.75, 3.05) is 5.75 Å². The number of amides is 1. The maximum absolute atomic E-state index is 12.5. The van der Waals surface area contributed by atoms with Gasteiger partial charge in [-0.2, -0.15) is 0 Å². The van der Waals surface area contributed by atoms with Crippen molar-refractivity contribution in [3.05, 3.63) is 29.8 Å². The summed E-state index contributed by atoms with van der Waals surface area (Å²) < 4.78 is 0. The van der Waals surface area contributed by atoms with E-state index in [4.69, 9.17) is 10.9 Å². The SMILES string of the molecule is CCC(C)(NC(=O)C1CSc2ccccc21)C(N)=NO. The fraction of sp³-hybridized carbons (Fsp3) is 0.429. The maximum Gasteiger partial charge on any atom is 0.229 e. The van der Waals surface area contributed by atoms with E-state index in [1.807, 2.05) is 31.2 Å². The monoisotopic (exact) mass is 293 g/mol. The zero-order valence-corrected chi connectivity index (χ0v) is 12.4. The molecule has 1 aliphatic heterocycles. The van der Waals surface area contributed by atoms with E-state index in [1.165, 1.54) is 0 Å². The van der Waals surface area contributed by atoms with Gasteiger partial charge in [-0.1, -0.05) is 30.3 Å². The van der Waals surface area contributed by atoms with Crippen LogP contribution in [-0.2, 0) is 4.79 Å². The van der Waals surface area contributed by atoms with Crippen LogP contribution in [0.15, 0.2) is 34.3 Å². The molecule has 1 aromatic rings. The van der Waals surface area contributed by atoms with Crippen molar-refractivity contribution in [1.82, 2.24) is 5.32 Å². The maximum atomic E-state index is 12.5. The van der Waals surface area contributed by atoms with Crippen molar-refractivity contribution >= 4 is 23.5 Å². The lowest BCUT2D eigenvalue weighted by Gasteiger charge is -2.29. The first-order valence-corrected chi connectivity index (χ1v) is 7.52. The van der Waals surface area contributed by atoms with E-state index in [1.54, 1.807) is 18.7 Å². The fourth-order valence-electron chi connectivity index (χ4n) is 2.18. The highest BCUT2D eigenvalue weighted by molar-refractivity contribution is 7.99. The van der Waals surface area contributed by atoms with Crippen LogP contribution in [0.3, 0.4) is 0 Å². The molecule has 1 aromatic carbocycles. The Hall–Kier alpha value is -1.69. The predicted molar refractivity (Wildman–Crippen MR) is 80.2 cm³/mol. The second kappa shape index (κ2) is 5.75. The number of carbonyl (C=O) groups excluding carboxylic acids is 1. The van der Waals surface area contributed by atoms with Crippen molar-refractivity contribution in [3.63, 3.8) is 0 Å². The van der Waals surface area contributed by atoms with Crippen LogP contribution < -0.4 is 11.1 Å². The molecule has 4 N–H and O–H groups in total. The first-order valence-electron chi connectivity index (χ1n) is 6.53.